The number of nitrogens with one attached hydrogen (secondary N) is 2. The van der Waals surface area contributed by atoms with Gasteiger partial charge in [0.05, 0.1) is 6.61 Å². The van der Waals surface area contributed by atoms with Crippen molar-refractivity contribution in [2.24, 2.45) is 0 Å². The van der Waals surface area contributed by atoms with E-state index in [4.69, 9.17) is 5.11 Å². The van der Waals surface area contributed by atoms with Crippen LogP contribution in [-0.2, 0) is 13.0 Å². The number of hydrogen-bond acceptors (Lipinski definition) is 7. The summed E-state index contributed by atoms with van der Waals surface area (Å²) in [5.41, 5.74) is 3.27. The highest BCUT2D eigenvalue weighted by atomic mass is 16.4. The van der Waals surface area contributed by atoms with Crippen molar-refractivity contribution in [1.29, 1.82) is 0 Å². The molecule has 1 aromatic carbocycles. The monoisotopic (exact) mass is 380 g/mol. The molecule has 0 atom stereocenters. The third-order valence-electron chi connectivity index (χ3n) is 3.91. The fourth-order valence-corrected chi connectivity index (χ4v) is 2.61. The zero-order valence-corrected chi connectivity index (χ0v) is 15.0. The van der Waals surface area contributed by atoms with Crippen molar-refractivity contribution in [3.05, 3.63) is 60.2 Å². The highest BCUT2D eigenvalue weighted by molar-refractivity contribution is 5.64. The first-order valence-electron chi connectivity index (χ1n) is 8.71. The lowest BCUT2D eigenvalue weighted by molar-refractivity contribution is 0.194. The molecule has 0 unspecified atom stereocenters. The van der Waals surface area contributed by atoms with Crippen LogP contribution in [-0.4, -0.2) is 42.8 Å². The molecule has 0 fully saturated rings. The third kappa shape index (κ3) is 5.45. The Balaban J connectivity index is 1.71. The van der Waals surface area contributed by atoms with Crippen molar-refractivity contribution in [3.63, 3.8) is 0 Å². The Morgan fingerprint density at radius 1 is 1.11 bits per heavy atom. The molecule has 0 bridgehead atoms. The number of nitrogens with zero attached hydrogens (tertiary/aromatic N) is 4. The van der Waals surface area contributed by atoms with Gasteiger partial charge in [-0.25, -0.2) is 14.8 Å². The quantitative estimate of drug-likeness (QED) is 0.438. The second-order valence-corrected chi connectivity index (χ2v) is 6.03. The molecule has 4 N–H and O–H groups in total. The number of hydrogen-bond donors (Lipinski definition) is 4. The molecule has 0 aliphatic carbocycles. The van der Waals surface area contributed by atoms with Crippen LogP contribution in [0.5, 0.6) is 0 Å². The molecule has 2 aromatic heterocycles. The highest BCUT2D eigenvalue weighted by Crippen LogP contribution is 2.19. The van der Waals surface area contributed by atoms with Crippen LogP contribution < -0.4 is 10.6 Å². The minimum atomic E-state index is -1.03. The van der Waals surface area contributed by atoms with Gasteiger partial charge in [-0.1, -0.05) is 12.1 Å². The molecule has 0 aliphatic rings. The molecule has 28 heavy (non-hydrogen) atoms. The summed E-state index contributed by atoms with van der Waals surface area (Å²) >= 11 is 0. The number of aromatic nitrogens is 4. The highest BCUT2D eigenvalue weighted by Gasteiger charge is 2.07. The molecule has 0 saturated heterocycles. The SMILES string of the molecule is O=C(O)NCCCc1cncc(-c2ncnc(Nc3cccc(CO)c3)n2)c1. The van der Waals surface area contributed by atoms with Crippen molar-refractivity contribution < 1.29 is 15.0 Å². The van der Waals surface area contributed by atoms with E-state index in [2.05, 4.69) is 30.6 Å². The second-order valence-electron chi connectivity index (χ2n) is 6.03. The zero-order chi connectivity index (χ0) is 19.8. The molecule has 144 valence electrons. The van der Waals surface area contributed by atoms with E-state index < -0.39 is 6.09 Å². The molecule has 0 saturated carbocycles. The van der Waals surface area contributed by atoms with Gasteiger partial charge in [-0.05, 0) is 42.2 Å². The lowest BCUT2D eigenvalue weighted by Crippen LogP contribution is -2.22. The maximum atomic E-state index is 10.5. The van der Waals surface area contributed by atoms with Crippen LogP contribution >= 0.6 is 0 Å². The number of anilines is 2. The number of carboxylic acid groups (broad SMARTS) is 1. The Morgan fingerprint density at radius 2 is 2.00 bits per heavy atom. The maximum Gasteiger partial charge on any atom is 0.404 e. The van der Waals surface area contributed by atoms with Crippen LogP contribution in [0.1, 0.15) is 17.5 Å². The third-order valence-corrected chi connectivity index (χ3v) is 3.91. The van der Waals surface area contributed by atoms with Gasteiger partial charge in [-0.2, -0.15) is 4.98 Å². The van der Waals surface area contributed by atoms with Gasteiger partial charge in [-0.15, -0.1) is 0 Å². The van der Waals surface area contributed by atoms with E-state index in [9.17, 15) is 9.90 Å². The summed E-state index contributed by atoms with van der Waals surface area (Å²) in [4.78, 5) is 27.5. The zero-order valence-electron chi connectivity index (χ0n) is 15.0. The lowest BCUT2D eigenvalue weighted by Gasteiger charge is -2.08. The summed E-state index contributed by atoms with van der Waals surface area (Å²) in [6.07, 6.45) is 5.16. The summed E-state index contributed by atoms with van der Waals surface area (Å²) in [6, 6.07) is 9.27. The summed E-state index contributed by atoms with van der Waals surface area (Å²) in [6.45, 7) is 0.338. The predicted octanol–water partition coefficient (Wildman–Crippen LogP) is 2.37. The summed E-state index contributed by atoms with van der Waals surface area (Å²) in [5, 5.41) is 23.3. The number of amides is 1. The normalized spacial score (nSPS) is 10.5. The summed E-state index contributed by atoms with van der Waals surface area (Å²) in [7, 11) is 0. The molecule has 2 heterocycles. The molecule has 3 rings (SSSR count). The van der Waals surface area contributed by atoms with E-state index in [1.165, 1.54) is 6.33 Å². The van der Waals surface area contributed by atoms with Crippen LogP contribution in [0, 0.1) is 0 Å². The topological polar surface area (TPSA) is 133 Å². The number of aryl methyl sites for hydroxylation is 1. The van der Waals surface area contributed by atoms with Crippen molar-refractivity contribution in [2.45, 2.75) is 19.4 Å². The van der Waals surface area contributed by atoms with Crippen molar-refractivity contribution >= 4 is 17.7 Å². The lowest BCUT2D eigenvalue weighted by atomic mass is 10.1. The average Bonchev–Trinajstić information content (AvgIpc) is 2.72. The molecule has 0 spiro atoms. The number of carbonyl (C=O) groups is 1. The Hall–Kier alpha value is -3.59. The van der Waals surface area contributed by atoms with E-state index in [0.717, 1.165) is 22.4 Å². The van der Waals surface area contributed by atoms with E-state index in [1.807, 2.05) is 30.3 Å². The number of aliphatic hydroxyl groups excluding tert-OH is 1. The standard InChI is InChI=1S/C19H20N6O3/c26-11-14-3-1-5-16(8-14)24-18-23-12-22-17(25-18)15-7-13(9-20-10-15)4-2-6-21-19(27)28/h1,3,5,7-10,12,21,26H,2,4,6,11H2,(H,27,28)(H,22,23,24,25). The van der Waals surface area contributed by atoms with Crippen molar-refractivity contribution in [1.82, 2.24) is 25.3 Å². The molecular weight excluding hydrogens is 360 g/mol. The molecular formula is C19H20N6O3. The fourth-order valence-electron chi connectivity index (χ4n) is 2.61. The molecule has 0 radical (unpaired) electrons. The van der Waals surface area contributed by atoms with Gasteiger partial charge < -0.3 is 20.8 Å². The van der Waals surface area contributed by atoms with Crippen LogP contribution in [0.3, 0.4) is 0 Å². The minimum Gasteiger partial charge on any atom is -0.465 e. The molecule has 3 aromatic rings. The number of rotatable bonds is 8. The summed E-state index contributed by atoms with van der Waals surface area (Å²) < 4.78 is 0. The molecule has 9 heteroatoms. The fraction of sp³-hybridized carbons (Fsp3) is 0.211. The largest absolute Gasteiger partial charge is 0.465 e. The van der Waals surface area contributed by atoms with E-state index in [0.29, 0.717) is 31.2 Å². The minimum absolute atomic E-state index is 0.0432. The van der Waals surface area contributed by atoms with Crippen LogP contribution in [0.2, 0.25) is 0 Å². The predicted molar refractivity (Wildman–Crippen MR) is 103 cm³/mol. The smallest absolute Gasteiger partial charge is 0.404 e. The van der Waals surface area contributed by atoms with E-state index in [-0.39, 0.29) is 6.61 Å². The average molecular weight is 380 g/mol. The van der Waals surface area contributed by atoms with Gasteiger partial charge >= 0.3 is 6.09 Å². The van der Waals surface area contributed by atoms with Gasteiger partial charge in [-0.3, -0.25) is 4.98 Å². The van der Waals surface area contributed by atoms with Crippen molar-refractivity contribution in [2.75, 3.05) is 11.9 Å². The Bertz CT molecular complexity index is 950. The Labute approximate surface area is 161 Å². The number of benzene rings is 1. The van der Waals surface area contributed by atoms with Gasteiger partial charge in [0, 0.05) is 30.2 Å². The first-order chi connectivity index (χ1) is 13.6. The van der Waals surface area contributed by atoms with Crippen LogP contribution in [0.15, 0.2) is 49.1 Å². The number of pyridine rings is 1. The van der Waals surface area contributed by atoms with E-state index >= 15 is 0 Å². The number of aliphatic hydroxyl groups is 1. The van der Waals surface area contributed by atoms with Gasteiger partial charge in [0.1, 0.15) is 6.33 Å². The van der Waals surface area contributed by atoms with Gasteiger partial charge in [0.2, 0.25) is 5.95 Å². The first-order valence-corrected chi connectivity index (χ1v) is 8.71. The van der Waals surface area contributed by atoms with Crippen molar-refractivity contribution in [3.8, 4) is 11.4 Å². The van der Waals surface area contributed by atoms with E-state index in [1.54, 1.807) is 12.4 Å². The van der Waals surface area contributed by atoms with Gasteiger partial charge in [0.15, 0.2) is 5.82 Å². The van der Waals surface area contributed by atoms with Crippen LogP contribution in [0.25, 0.3) is 11.4 Å². The second kappa shape index (κ2) is 9.38. The Morgan fingerprint density at radius 3 is 2.82 bits per heavy atom. The Kier molecular flexibility index (Phi) is 6.42. The maximum absolute atomic E-state index is 10.5. The first kappa shape index (κ1) is 19.2. The summed E-state index contributed by atoms with van der Waals surface area (Å²) in [5.74, 6) is 0.866. The molecule has 0 aliphatic heterocycles. The van der Waals surface area contributed by atoms with Crippen LogP contribution in [0.4, 0.5) is 16.4 Å². The van der Waals surface area contributed by atoms with Gasteiger partial charge in [0.25, 0.3) is 0 Å². The molecule has 9 nitrogen and oxygen atoms in total. The molecule has 1 amide bonds.